The van der Waals surface area contributed by atoms with Crippen LogP contribution in [-0.2, 0) is 14.8 Å². The van der Waals surface area contributed by atoms with Gasteiger partial charge in [-0.1, -0.05) is 0 Å². The van der Waals surface area contributed by atoms with Gasteiger partial charge in [0.15, 0.2) is 0 Å². The summed E-state index contributed by atoms with van der Waals surface area (Å²) in [5.41, 5.74) is 5.18. The normalized spacial score (nSPS) is 20.4. The number of halogens is 3. The first-order valence-corrected chi connectivity index (χ1v) is 8.15. The Balaban J connectivity index is 2.53. The number of nitrogens with two attached hydrogens (primary N) is 1. The molecule has 10 heteroatoms. The van der Waals surface area contributed by atoms with Crippen LogP contribution in [0.4, 0.5) is 8.78 Å². The van der Waals surface area contributed by atoms with Gasteiger partial charge in [0.1, 0.15) is 22.6 Å². The molecule has 1 fully saturated rings. The van der Waals surface area contributed by atoms with Crippen molar-refractivity contribution in [1.82, 2.24) is 9.62 Å². The largest absolute Gasteiger partial charge is 0.368 e. The Kier molecular flexibility index (Phi) is 4.61. The number of rotatable bonds is 3. The molecule has 0 spiro atoms. The van der Waals surface area contributed by atoms with Crippen molar-refractivity contribution in [2.75, 3.05) is 19.6 Å². The first-order chi connectivity index (χ1) is 9.75. The zero-order valence-corrected chi connectivity index (χ0v) is 13.0. The molecule has 0 aliphatic carbocycles. The molecule has 1 aliphatic rings. The average molecular weight is 384 g/mol. The number of benzene rings is 1. The molecule has 1 aliphatic heterocycles. The quantitative estimate of drug-likeness (QED) is 0.778. The van der Waals surface area contributed by atoms with Crippen LogP contribution in [0.25, 0.3) is 0 Å². The zero-order valence-electron chi connectivity index (χ0n) is 10.6. The number of sulfonamides is 1. The van der Waals surface area contributed by atoms with Gasteiger partial charge >= 0.3 is 0 Å². The lowest BCUT2D eigenvalue weighted by molar-refractivity contribution is -0.122. The van der Waals surface area contributed by atoms with E-state index >= 15 is 0 Å². The molecular formula is C11H12BrF2N3O3S. The number of hydrogen-bond donors (Lipinski definition) is 2. The van der Waals surface area contributed by atoms with Crippen molar-refractivity contribution in [3.63, 3.8) is 0 Å². The van der Waals surface area contributed by atoms with Gasteiger partial charge in [0.2, 0.25) is 15.9 Å². The number of amides is 1. The summed E-state index contributed by atoms with van der Waals surface area (Å²) in [5.74, 6) is -2.99. The highest BCUT2D eigenvalue weighted by atomic mass is 79.9. The van der Waals surface area contributed by atoms with Crippen molar-refractivity contribution < 1.29 is 22.0 Å². The second kappa shape index (κ2) is 5.95. The van der Waals surface area contributed by atoms with Crippen molar-refractivity contribution in [3.8, 4) is 0 Å². The highest BCUT2D eigenvalue weighted by Gasteiger charge is 2.39. The van der Waals surface area contributed by atoms with E-state index < -0.39 is 38.5 Å². The predicted molar refractivity (Wildman–Crippen MR) is 73.8 cm³/mol. The van der Waals surface area contributed by atoms with Gasteiger partial charge in [-0.15, -0.1) is 0 Å². The van der Waals surface area contributed by atoms with E-state index in [0.29, 0.717) is 12.6 Å². The van der Waals surface area contributed by atoms with Gasteiger partial charge in [-0.3, -0.25) is 4.79 Å². The number of piperazine rings is 1. The maximum Gasteiger partial charge on any atom is 0.247 e. The molecule has 1 aromatic rings. The maximum atomic E-state index is 13.9. The smallest absolute Gasteiger partial charge is 0.247 e. The fourth-order valence-electron chi connectivity index (χ4n) is 2.11. The van der Waals surface area contributed by atoms with Gasteiger partial charge in [-0.25, -0.2) is 17.2 Å². The Bertz CT molecular complexity index is 660. The monoisotopic (exact) mass is 383 g/mol. The molecular weight excluding hydrogens is 372 g/mol. The second-order valence-electron chi connectivity index (χ2n) is 4.44. The van der Waals surface area contributed by atoms with E-state index in [0.717, 1.165) is 10.4 Å². The minimum Gasteiger partial charge on any atom is -0.368 e. The van der Waals surface area contributed by atoms with Gasteiger partial charge in [0.25, 0.3) is 0 Å². The van der Waals surface area contributed by atoms with E-state index in [1.54, 1.807) is 0 Å². The molecule has 3 N–H and O–H groups in total. The topological polar surface area (TPSA) is 92.5 Å². The number of hydrogen-bond acceptors (Lipinski definition) is 4. The summed E-state index contributed by atoms with van der Waals surface area (Å²) in [6.07, 6.45) is 0. The molecule has 1 unspecified atom stereocenters. The van der Waals surface area contributed by atoms with E-state index in [-0.39, 0.29) is 17.6 Å². The van der Waals surface area contributed by atoms with Crippen LogP contribution in [0.15, 0.2) is 21.5 Å². The Hall–Kier alpha value is -1.10. The fraction of sp³-hybridized carbons (Fsp3) is 0.364. The van der Waals surface area contributed by atoms with Crippen LogP contribution >= 0.6 is 15.9 Å². The number of carbonyl (C=O) groups is 1. The average Bonchev–Trinajstić information content (AvgIpc) is 2.37. The SMILES string of the molecule is NC(=O)C1CNCCN1S(=O)(=O)c1c(F)cc(F)cc1Br. The Morgan fingerprint density at radius 2 is 2.10 bits per heavy atom. The van der Waals surface area contributed by atoms with Crippen molar-refractivity contribution in [3.05, 3.63) is 28.2 Å². The van der Waals surface area contributed by atoms with Crippen LogP contribution < -0.4 is 11.1 Å². The minimum atomic E-state index is -4.33. The molecule has 1 saturated heterocycles. The van der Waals surface area contributed by atoms with E-state index in [9.17, 15) is 22.0 Å². The minimum absolute atomic E-state index is 0.0367. The van der Waals surface area contributed by atoms with Crippen LogP contribution in [-0.4, -0.2) is 44.3 Å². The van der Waals surface area contributed by atoms with Crippen LogP contribution in [0.1, 0.15) is 0 Å². The van der Waals surface area contributed by atoms with Crippen LogP contribution in [0.2, 0.25) is 0 Å². The van der Waals surface area contributed by atoms with Crippen molar-refractivity contribution >= 4 is 31.9 Å². The third-order valence-electron chi connectivity index (χ3n) is 3.05. The molecule has 1 atom stereocenters. The second-order valence-corrected chi connectivity index (χ2v) is 7.12. The zero-order chi connectivity index (χ0) is 15.8. The van der Waals surface area contributed by atoms with E-state index in [4.69, 9.17) is 5.73 Å². The third-order valence-corrected chi connectivity index (χ3v) is 5.93. The summed E-state index contributed by atoms with van der Waals surface area (Å²) >= 11 is 2.84. The molecule has 6 nitrogen and oxygen atoms in total. The van der Waals surface area contributed by atoms with Gasteiger partial charge in [0.05, 0.1) is 0 Å². The number of carbonyl (C=O) groups excluding carboxylic acids is 1. The first kappa shape index (κ1) is 16.3. The molecule has 0 aromatic heterocycles. The Labute approximate surface area is 128 Å². The summed E-state index contributed by atoms with van der Waals surface area (Å²) in [7, 11) is -4.33. The van der Waals surface area contributed by atoms with Crippen LogP contribution in [0, 0.1) is 11.6 Å². The summed E-state index contributed by atoms with van der Waals surface area (Å²) in [5, 5.41) is 2.84. The number of nitrogens with one attached hydrogen (secondary N) is 1. The number of primary amides is 1. The summed E-state index contributed by atoms with van der Waals surface area (Å²) in [4.78, 5) is 10.7. The molecule has 21 heavy (non-hydrogen) atoms. The first-order valence-electron chi connectivity index (χ1n) is 5.91. The van der Waals surface area contributed by atoms with Crippen molar-refractivity contribution in [1.29, 1.82) is 0 Å². The van der Waals surface area contributed by atoms with Gasteiger partial charge < -0.3 is 11.1 Å². The fourth-order valence-corrected chi connectivity index (χ4v) is 4.82. The van der Waals surface area contributed by atoms with E-state index in [1.807, 2.05) is 0 Å². The molecule has 0 radical (unpaired) electrons. The lowest BCUT2D eigenvalue weighted by Crippen LogP contribution is -2.58. The lowest BCUT2D eigenvalue weighted by atomic mass is 10.2. The van der Waals surface area contributed by atoms with Crippen LogP contribution in [0.3, 0.4) is 0 Å². The third kappa shape index (κ3) is 3.07. The molecule has 2 rings (SSSR count). The Morgan fingerprint density at radius 3 is 2.67 bits per heavy atom. The lowest BCUT2D eigenvalue weighted by Gasteiger charge is -2.33. The number of nitrogens with zero attached hydrogens (tertiary/aromatic N) is 1. The highest BCUT2D eigenvalue weighted by Crippen LogP contribution is 2.30. The van der Waals surface area contributed by atoms with Crippen molar-refractivity contribution in [2.24, 2.45) is 5.73 Å². The molecule has 1 amide bonds. The van der Waals surface area contributed by atoms with E-state index in [1.165, 1.54) is 0 Å². The van der Waals surface area contributed by atoms with E-state index in [2.05, 4.69) is 21.2 Å². The summed E-state index contributed by atoms with van der Waals surface area (Å²) in [6, 6.07) is 0.191. The van der Waals surface area contributed by atoms with Gasteiger partial charge in [-0.2, -0.15) is 4.31 Å². The predicted octanol–water partition coefficient (Wildman–Crippen LogP) is 0.175. The van der Waals surface area contributed by atoms with Gasteiger partial charge in [-0.05, 0) is 22.0 Å². The molecule has 1 heterocycles. The highest BCUT2D eigenvalue weighted by molar-refractivity contribution is 9.10. The molecule has 0 bridgehead atoms. The van der Waals surface area contributed by atoms with Crippen molar-refractivity contribution in [2.45, 2.75) is 10.9 Å². The van der Waals surface area contributed by atoms with Crippen LogP contribution in [0.5, 0.6) is 0 Å². The van der Waals surface area contributed by atoms with Gasteiger partial charge in [0, 0.05) is 30.2 Å². The molecule has 1 aromatic carbocycles. The molecule has 0 saturated carbocycles. The maximum absolute atomic E-state index is 13.9. The summed E-state index contributed by atoms with van der Waals surface area (Å²) < 4.78 is 52.6. The standard InChI is InChI=1S/C11H12BrF2N3O3S/c12-7-3-6(13)4-8(14)10(7)21(19,20)17-2-1-16-5-9(17)11(15)18/h3-4,9,16H,1-2,5H2,(H2,15,18). The molecule has 116 valence electrons. The Morgan fingerprint density at radius 1 is 1.43 bits per heavy atom. The summed E-state index contributed by atoms with van der Waals surface area (Å²) in [6.45, 7) is 0.289.